The SMILES string of the molecule is COCC(NCCS(C)=O)C(=O)O. The number of nitrogens with one attached hydrogen (secondary N) is 1. The molecule has 5 nitrogen and oxygen atoms in total. The third-order valence-electron chi connectivity index (χ3n) is 1.41. The van der Waals surface area contributed by atoms with Crippen molar-refractivity contribution >= 4 is 16.8 Å². The smallest absolute Gasteiger partial charge is 0.323 e. The van der Waals surface area contributed by atoms with Crippen LogP contribution in [0.1, 0.15) is 0 Å². The van der Waals surface area contributed by atoms with Crippen molar-refractivity contribution in [2.45, 2.75) is 6.04 Å². The second-order valence-electron chi connectivity index (χ2n) is 2.58. The number of hydrogen-bond donors (Lipinski definition) is 2. The molecule has 0 radical (unpaired) electrons. The first-order valence-corrected chi connectivity index (χ1v) is 5.55. The zero-order valence-corrected chi connectivity index (χ0v) is 8.60. The van der Waals surface area contributed by atoms with Crippen molar-refractivity contribution in [3.05, 3.63) is 0 Å². The van der Waals surface area contributed by atoms with Crippen LogP contribution in [0.2, 0.25) is 0 Å². The topological polar surface area (TPSA) is 75.6 Å². The second-order valence-corrected chi connectivity index (χ2v) is 4.13. The van der Waals surface area contributed by atoms with Gasteiger partial charge in [-0.15, -0.1) is 0 Å². The highest BCUT2D eigenvalue weighted by atomic mass is 32.2. The Morgan fingerprint density at radius 3 is 2.69 bits per heavy atom. The van der Waals surface area contributed by atoms with E-state index in [9.17, 15) is 9.00 Å². The van der Waals surface area contributed by atoms with E-state index in [-0.39, 0.29) is 6.61 Å². The van der Waals surface area contributed by atoms with Gasteiger partial charge in [0.15, 0.2) is 0 Å². The van der Waals surface area contributed by atoms with Crippen LogP contribution in [0.25, 0.3) is 0 Å². The van der Waals surface area contributed by atoms with E-state index in [1.54, 1.807) is 6.26 Å². The van der Waals surface area contributed by atoms with Gasteiger partial charge in [0.2, 0.25) is 0 Å². The summed E-state index contributed by atoms with van der Waals surface area (Å²) in [6.45, 7) is 0.537. The third-order valence-corrected chi connectivity index (χ3v) is 2.19. The summed E-state index contributed by atoms with van der Waals surface area (Å²) in [5.41, 5.74) is 0. The minimum absolute atomic E-state index is 0.117. The number of aliphatic carboxylic acids is 1. The van der Waals surface area contributed by atoms with Crippen molar-refractivity contribution in [2.24, 2.45) is 0 Å². The molecule has 0 fully saturated rings. The molecule has 0 aliphatic heterocycles. The number of rotatable bonds is 7. The molecule has 13 heavy (non-hydrogen) atoms. The van der Waals surface area contributed by atoms with E-state index >= 15 is 0 Å². The maximum absolute atomic E-state index is 10.6. The van der Waals surface area contributed by atoms with E-state index in [4.69, 9.17) is 9.84 Å². The van der Waals surface area contributed by atoms with Crippen LogP contribution in [-0.2, 0) is 20.3 Å². The molecule has 0 rings (SSSR count). The molecule has 0 saturated carbocycles. The normalized spacial score (nSPS) is 15.2. The lowest BCUT2D eigenvalue weighted by atomic mass is 10.3. The molecule has 78 valence electrons. The Kier molecular flexibility index (Phi) is 6.75. The van der Waals surface area contributed by atoms with Gasteiger partial charge in [-0.05, 0) is 0 Å². The van der Waals surface area contributed by atoms with Gasteiger partial charge in [0.1, 0.15) is 6.04 Å². The van der Waals surface area contributed by atoms with Crippen LogP contribution in [0.4, 0.5) is 0 Å². The molecule has 6 heteroatoms. The van der Waals surface area contributed by atoms with Gasteiger partial charge in [-0.1, -0.05) is 0 Å². The van der Waals surface area contributed by atoms with Crippen LogP contribution in [0, 0.1) is 0 Å². The quantitative estimate of drug-likeness (QED) is 0.565. The molecule has 0 aliphatic carbocycles. The molecule has 0 heterocycles. The van der Waals surface area contributed by atoms with Crippen molar-refractivity contribution in [3.8, 4) is 0 Å². The molecule has 0 bridgehead atoms. The molecular formula is C7H15NO4S. The summed E-state index contributed by atoms with van der Waals surface area (Å²) in [5.74, 6) is -0.503. The molecule has 2 unspecified atom stereocenters. The average molecular weight is 209 g/mol. The third kappa shape index (κ3) is 6.68. The van der Waals surface area contributed by atoms with Gasteiger partial charge in [-0.3, -0.25) is 9.00 Å². The standard InChI is InChI=1S/C7H15NO4S/c1-12-5-6(7(9)10)8-3-4-13(2)11/h6,8H,3-5H2,1-2H3,(H,9,10). The number of carbonyl (C=O) groups is 1. The van der Waals surface area contributed by atoms with Crippen molar-refractivity contribution in [3.63, 3.8) is 0 Å². The first-order valence-electron chi connectivity index (χ1n) is 3.83. The van der Waals surface area contributed by atoms with E-state index in [2.05, 4.69) is 5.32 Å². The number of hydrogen-bond acceptors (Lipinski definition) is 4. The number of ether oxygens (including phenoxy) is 1. The Labute approximate surface area is 79.9 Å². The van der Waals surface area contributed by atoms with Gasteiger partial charge in [0.05, 0.1) is 6.61 Å². The van der Waals surface area contributed by atoms with Gasteiger partial charge in [0, 0.05) is 36.5 Å². The molecule has 0 spiro atoms. The molecule has 2 atom stereocenters. The van der Waals surface area contributed by atoms with Crippen LogP contribution >= 0.6 is 0 Å². The molecule has 0 aromatic heterocycles. The lowest BCUT2D eigenvalue weighted by molar-refractivity contribution is -0.140. The summed E-state index contributed by atoms with van der Waals surface area (Å²) >= 11 is 0. The fraction of sp³-hybridized carbons (Fsp3) is 0.857. The van der Waals surface area contributed by atoms with E-state index in [0.717, 1.165) is 0 Å². The Morgan fingerprint density at radius 1 is 1.69 bits per heavy atom. The summed E-state index contributed by atoms with van der Waals surface area (Å²) in [7, 11) is 0.545. The minimum Gasteiger partial charge on any atom is -0.480 e. The Hall–Kier alpha value is -0.460. The van der Waals surface area contributed by atoms with Gasteiger partial charge < -0.3 is 15.2 Å². The summed E-state index contributed by atoms with van der Waals surface area (Å²) in [4.78, 5) is 10.5. The molecule has 0 aliphatic rings. The Balaban J connectivity index is 3.69. The summed E-state index contributed by atoms with van der Waals surface area (Å²) in [5, 5.41) is 11.4. The Morgan fingerprint density at radius 2 is 2.31 bits per heavy atom. The lowest BCUT2D eigenvalue weighted by Crippen LogP contribution is -2.41. The average Bonchev–Trinajstić information content (AvgIpc) is 2.02. The summed E-state index contributed by atoms with van der Waals surface area (Å²) in [6.07, 6.45) is 1.58. The maximum atomic E-state index is 10.6. The largest absolute Gasteiger partial charge is 0.480 e. The van der Waals surface area contributed by atoms with Crippen LogP contribution in [0.3, 0.4) is 0 Å². The summed E-state index contributed by atoms with van der Waals surface area (Å²) < 4.78 is 15.3. The zero-order valence-electron chi connectivity index (χ0n) is 7.78. The predicted octanol–water partition coefficient (Wildman–Crippen LogP) is -0.946. The molecule has 2 N–H and O–H groups in total. The van der Waals surface area contributed by atoms with Gasteiger partial charge in [-0.25, -0.2) is 0 Å². The lowest BCUT2D eigenvalue weighted by Gasteiger charge is -2.12. The van der Waals surface area contributed by atoms with Crippen LogP contribution in [0.15, 0.2) is 0 Å². The highest BCUT2D eigenvalue weighted by molar-refractivity contribution is 7.84. The first-order chi connectivity index (χ1) is 6.07. The van der Waals surface area contributed by atoms with E-state index in [1.807, 2.05) is 0 Å². The molecule has 0 aromatic rings. The van der Waals surface area contributed by atoms with Crippen molar-refractivity contribution in [1.82, 2.24) is 5.32 Å². The predicted molar refractivity (Wildman–Crippen MR) is 50.2 cm³/mol. The van der Waals surface area contributed by atoms with E-state index in [0.29, 0.717) is 12.3 Å². The second kappa shape index (κ2) is 6.99. The first kappa shape index (κ1) is 12.5. The summed E-state index contributed by atoms with van der Waals surface area (Å²) in [6, 6.07) is -0.714. The maximum Gasteiger partial charge on any atom is 0.323 e. The highest BCUT2D eigenvalue weighted by Crippen LogP contribution is 1.85. The van der Waals surface area contributed by atoms with Crippen LogP contribution < -0.4 is 5.32 Å². The van der Waals surface area contributed by atoms with Crippen molar-refractivity contribution in [1.29, 1.82) is 0 Å². The fourth-order valence-corrected chi connectivity index (χ4v) is 1.17. The zero-order chi connectivity index (χ0) is 10.3. The van der Waals surface area contributed by atoms with Gasteiger partial charge >= 0.3 is 5.97 Å². The highest BCUT2D eigenvalue weighted by Gasteiger charge is 2.15. The van der Waals surface area contributed by atoms with Gasteiger partial charge in [-0.2, -0.15) is 0 Å². The number of carboxylic acids is 1. The molecule has 0 amide bonds. The molecule has 0 saturated heterocycles. The van der Waals surface area contributed by atoms with E-state index in [1.165, 1.54) is 7.11 Å². The Bertz CT molecular complexity index is 185. The van der Waals surface area contributed by atoms with Crippen molar-refractivity contribution in [2.75, 3.05) is 32.3 Å². The molecular weight excluding hydrogens is 194 g/mol. The van der Waals surface area contributed by atoms with Crippen molar-refractivity contribution < 1.29 is 18.8 Å². The minimum atomic E-state index is -0.955. The fourth-order valence-electron chi connectivity index (χ4n) is 0.761. The van der Waals surface area contributed by atoms with Gasteiger partial charge in [0.25, 0.3) is 0 Å². The van der Waals surface area contributed by atoms with E-state index < -0.39 is 22.8 Å². The van der Waals surface area contributed by atoms with Crippen LogP contribution in [0.5, 0.6) is 0 Å². The number of carboxylic acid groups (broad SMARTS) is 1. The van der Waals surface area contributed by atoms with Crippen LogP contribution in [-0.4, -0.2) is 53.6 Å². The number of methoxy groups -OCH3 is 1. The monoisotopic (exact) mass is 209 g/mol. The molecule has 0 aromatic carbocycles.